The average molecular weight is 492 g/mol. The van der Waals surface area contributed by atoms with Gasteiger partial charge in [-0.05, 0) is 50.7 Å². The van der Waals surface area contributed by atoms with E-state index < -0.39 is 42.5 Å². The van der Waals surface area contributed by atoms with Crippen molar-refractivity contribution in [2.24, 2.45) is 0 Å². The number of H-pyrrole nitrogens is 1. The number of aromatic amines is 1. The molecule has 0 aliphatic rings. The summed E-state index contributed by atoms with van der Waals surface area (Å²) in [7, 11) is -0.943. The Morgan fingerprint density at radius 3 is 2.33 bits per heavy atom. The molecule has 0 aliphatic heterocycles. The zero-order valence-corrected chi connectivity index (χ0v) is 20.7. The molecule has 0 spiro atoms. The van der Waals surface area contributed by atoms with Crippen molar-refractivity contribution in [1.29, 1.82) is 0 Å². The molecule has 36 heavy (non-hydrogen) atoms. The highest BCUT2D eigenvalue weighted by Gasteiger charge is 2.34. The van der Waals surface area contributed by atoms with Gasteiger partial charge in [0.2, 0.25) is 11.8 Å². The molecule has 190 valence electrons. The number of carboxylic acid groups (broad SMARTS) is 1. The van der Waals surface area contributed by atoms with Crippen LogP contribution in [-0.2, 0) is 27.2 Å². The van der Waals surface area contributed by atoms with E-state index in [1.807, 2.05) is 54.6 Å². The molecule has 3 rings (SSSR count). The van der Waals surface area contributed by atoms with Crippen molar-refractivity contribution in [3.63, 3.8) is 0 Å². The number of hydrogen-bond acceptors (Lipinski definition) is 5. The van der Waals surface area contributed by atoms with Crippen LogP contribution in [-0.4, -0.2) is 57.6 Å². The van der Waals surface area contributed by atoms with E-state index in [9.17, 15) is 24.5 Å². The molecule has 1 unspecified atom stereocenters. The number of amides is 2. The first-order valence-electron chi connectivity index (χ1n) is 12.0. The van der Waals surface area contributed by atoms with Crippen LogP contribution in [0.5, 0.6) is 0 Å². The van der Waals surface area contributed by atoms with Gasteiger partial charge in [-0.15, -0.1) is 0 Å². The predicted octanol–water partition coefficient (Wildman–Crippen LogP) is 1.88. The number of carboxylic acids is 1. The number of carbonyl (C=O) groups is 3. The van der Waals surface area contributed by atoms with Crippen LogP contribution in [0.25, 0.3) is 10.9 Å². The third-order valence-electron chi connectivity index (χ3n) is 6.04. The van der Waals surface area contributed by atoms with Gasteiger partial charge in [0, 0.05) is 23.5 Å². The maximum atomic E-state index is 13.3. The topological polar surface area (TPSA) is 144 Å². The maximum Gasteiger partial charge on any atom is 0.374 e. The summed E-state index contributed by atoms with van der Waals surface area (Å²) in [5.74, 6) is -2.24. The Balaban J connectivity index is 1.80. The van der Waals surface area contributed by atoms with Crippen molar-refractivity contribution >= 4 is 35.7 Å². The fourth-order valence-electron chi connectivity index (χ4n) is 4.14. The number of hydrogen-bond donors (Lipinski definition) is 6. The van der Waals surface area contributed by atoms with E-state index >= 15 is 0 Å². The lowest BCUT2D eigenvalue weighted by Gasteiger charge is -2.29. The number of benzene rings is 2. The molecule has 0 aliphatic carbocycles. The quantitative estimate of drug-likeness (QED) is 0.213. The maximum absolute atomic E-state index is 13.3. The summed E-state index contributed by atoms with van der Waals surface area (Å²) in [6.07, 6.45) is 2.61. The molecular weight excluding hydrogens is 459 g/mol. The number of nitrogens with one attached hydrogen (secondary N) is 4. The molecule has 2 aromatic carbocycles. The molecule has 1 heterocycles. The molecule has 6 N–H and O–H groups in total. The van der Waals surface area contributed by atoms with Crippen molar-refractivity contribution in [3.8, 4) is 0 Å². The Morgan fingerprint density at radius 2 is 1.67 bits per heavy atom. The van der Waals surface area contributed by atoms with Gasteiger partial charge >= 0.3 is 13.0 Å². The van der Waals surface area contributed by atoms with Crippen LogP contribution in [0.4, 0.5) is 0 Å². The SMILES string of the molecule is CB(O)NC(C)(C)C(=O)NC(Cc1c[nH]c2ccccc12)C(=O)N[C@@H](CCc1ccccc1)C(=O)O. The summed E-state index contributed by atoms with van der Waals surface area (Å²) in [5, 5.41) is 28.5. The monoisotopic (exact) mass is 492 g/mol. The second-order valence-corrected chi connectivity index (χ2v) is 9.46. The number of fused-ring (bicyclic) bond motifs is 1. The minimum absolute atomic E-state index is 0.150. The molecule has 0 bridgehead atoms. The molecule has 0 saturated heterocycles. The second-order valence-electron chi connectivity index (χ2n) is 9.46. The van der Waals surface area contributed by atoms with Crippen LogP contribution < -0.4 is 15.9 Å². The van der Waals surface area contributed by atoms with E-state index in [0.29, 0.717) is 6.42 Å². The molecule has 2 amide bonds. The number of carbonyl (C=O) groups excluding carboxylic acids is 2. The molecule has 3 aromatic rings. The van der Waals surface area contributed by atoms with E-state index in [2.05, 4.69) is 20.8 Å². The summed E-state index contributed by atoms with van der Waals surface area (Å²) in [6.45, 7) is 4.68. The third kappa shape index (κ3) is 7.19. The second kappa shape index (κ2) is 11.9. The number of aliphatic carboxylic acids is 1. The van der Waals surface area contributed by atoms with Crippen molar-refractivity contribution in [2.45, 2.75) is 57.6 Å². The lowest BCUT2D eigenvalue weighted by molar-refractivity contribution is -0.142. The largest absolute Gasteiger partial charge is 0.480 e. The highest BCUT2D eigenvalue weighted by atomic mass is 16.4. The zero-order valence-electron chi connectivity index (χ0n) is 20.7. The summed E-state index contributed by atoms with van der Waals surface area (Å²) >= 11 is 0. The first kappa shape index (κ1) is 27.0. The van der Waals surface area contributed by atoms with Crippen molar-refractivity contribution in [1.82, 2.24) is 20.8 Å². The van der Waals surface area contributed by atoms with E-state index in [1.165, 1.54) is 6.82 Å². The van der Waals surface area contributed by atoms with Gasteiger partial charge in [0.05, 0.1) is 5.54 Å². The summed E-state index contributed by atoms with van der Waals surface area (Å²) < 4.78 is 0. The molecule has 10 heteroatoms. The number of para-hydroxylation sites is 1. The van der Waals surface area contributed by atoms with Gasteiger partial charge in [-0.2, -0.15) is 0 Å². The first-order chi connectivity index (χ1) is 17.1. The van der Waals surface area contributed by atoms with Gasteiger partial charge in [0.1, 0.15) is 12.1 Å². The lowest BCUT2D eigenvalue weighted by Crippen LogP contribution is -2.61. The third-order valence-corrected chi connectivity index (χ3v) is 6.04. The first-order valence-corrected chi connectivity index (χ1v) is 12.0. The van der Waals surface area contributed by atoms with E-state index in [1.54, 1.807) is 20.0 Å². The molecule has 0 saturated carbocycles. The smallest absolute Gasteiger partial charge is 0.374 e. The van der Waals surface area contributed by atoms with Crippen molar-refractivity contribution in [2.75, 3.05) is 0 Å². The average Bonchev–Trinajstić information content (AvgIpc) is 3.23. The minimum atomic E-state index is -1.17. The van der Waals surface area contributed by atoms with E-state index in [0.717, 1.165) is 22.0 Å². The molecule has 1 aromatic heterocycles. The van der Waals surface area contributed by atoms with Gasteiger partial charge in [-0.25, -0.2) is 4.79 Å². The van der Waals surface area contributed by atoms with Crippen LogP contribution >= 0.6 is 0 Å². The summed E-state index contributed by atoms with van der Waals surface area (Å²) in [6, 6.07) is 14.9. The Hall–Kier alpha value is -3.63. The Kier molecular flexibility index (Phi) is 8.90. The fraction of sp³-hybridized carbons (Fsp3) is 0.346. The van der Waals surface area contributed by atoms with E-state index in [-0.39, 0.29) is 12.8 Å². The Bertz CT molecular complexity index is 1200. The summed E-state index contributed by atoms with van der Waals surface area (Å²) in [4.78, 5) is 41.5. The van der Waals surface area contributed by atoms with Gasteiger partial charge in [-0.1, -0.05) is 48.5 Å². The van der Waals surface area contributed by atoms with Gasteiger partial charge in [-0.3, -0.25) is 9.59 Å². The lowest BCUT2D eigenvalue weighted by atomic mass is 9.83. The van der Waals surface area contributed by atoms with Gasteiger partial charge < -0.3 is 31.0 Å². The van der Waals surface area contributed by atoms with Crippen LogP contribution in [0.15, 0.2) is 60.8 Å². The normalized spacial score (nSPS) is 13.1. The standard InChI is InChI=1S/C26H33BN4O5/c1-26(2,31-27(3)36)25(35)30-22(15-18-16-28-20-12-8-7-11-19(18)20)23(32)29-21(24(33)34)14-13-17-9-5-4-6-10-17/h4-12,16,21-22,28,31,36H,13-15H2,1-3H3,(H,29,32)(H,30,35)(H,33,34)/t21-,22?/m0/s1. The van der Waals surface area contributed by atoms with Crippen LogP contribution in [0.2, 0.25) is 6.82 Å². The number of aromatic nitrogens is 1. The summed E-state index contributed by atoms with van der Waals surface area (Å²) in [5.41, 5.74) is 1.49. The van der Waals surface area contributed by atoms with Crippen molar-refractivity contribution in [3.05, 3.63) is 71.9 Å². The highest BCUT2D eigenvalue weighted by molar-refractivity contribution is 6.46. The van der Waals surface area contributed by atoms with Crippen LogP contribution in [0, 0.1) is 0 Å². The van der Waals surface area contributed by atoms with Crippen molar-refractivity contribution < 1.29 is 24.5 Å². The fourth-order valence-corrected chi connectivity index (χ4v) is 4.14. The highest BCUT2D eigenvalue weighted by Crippen LogP contribution is 2.20. The Morgan fingerprint density at radius 1 is 1.00 bits per heavy atom. The number of aryl methyl sites for hydroxylation is 1. The molecule has 0 radical (unpaired) electrons. The Labute approximate surface area is 210 Å². The van der Waals surface area contributed by atoms with Gasteiger partial charge in [0.15, 0.2) is 0 Å². The molecule has 9 nitrogen and oxygen atoms in total. The van der Waals surface area contributed by atoms with Crippen LogP contribution in [0.1, 0.15) is 31.4 Å². The van der Waals surface area contributed by atoms with Crippen LogP contribution in [0.3, 0.4) is 0 Å². The van der Waals surface area contributed by atoms with Gasteiger partial charge in [0.25, 0.3) is 0 Å². The number of rotatable bonds is 12. The molecule has 0 fully saturated rings. The predicted molar refractivity (Wildman–Crippen MR) is 139 cm³/mol. The molecular formula is C26H33BN4O5. The zero-order chi connectivity index (χ0) is 26.3. The molecule has 2 atom stereocenters. The van der Waals surface area contributed by atoms with E-state index in [4.69, 9.17) is 0 Å². The minimum Gasteiger partial charge on any atom is -0.480 e.